The van der Waals surface area contributed by atoms with Gasteiger partial charge in [0.15, 0.2) is 6.10 Å². The lowest BCUT2D eigenvalue weighted by Gasteiger charge is -2.38. The average molecular weight is 407 g/mol. The summed E-state index contributed by atoms with van der Waals surface area (Å²) in [5, 5.41) is 1.25. The van der Waals surface area contributed by atoms with E-state index in [0.717, 1.165) is 23.8 Å². The number of para-hydroxylation sites is 1. The van der Waals surface area contributed by atoms with Crippen LogP contribution >= 0.6 is 23.2 Å². The van der Waals surface area contributed by atoms with E-state index in [-0.39, 0.29) is 5.91 Å². The van der Waals surface area contributed by atoms with E-state index < -0.39 is 6.10 Å². The molecule has 4 nitrogen and oxygen atoms in total. The third-order valence-corrected chi connectivity index (χ3v) is 5.40. The van der Waals surface area contributed by atoms with Gasteiger partial charge in [-0.25, -0.2) is 0 Å². The lowest BCUT2D eigenvalue weighted by atomic mass is 10.1. The SMILES string of the molecule is CC[C@@H](Oc1ccccc1Cl)C(=O)N1CCN(c2cc(Cl)ccc2C)CC1. The molecule has 1 fully saturated rings. The minimum atomic E-state index is -0.524. The number of nitrogens with zero attached hydrogens (tertiary/aromatic N) is 2. The Balaban J connectivity index is 1.63. The van der Waals surface area contributed by atoms with Crippen molar-refractivity contribution < 1.29 is 9.53 Å². The van der Waals surface area contributed by atoms with Gasteiger partial charge < -0.3 is 14.5 Å². The first-order valence-corrected chi connectivity index (χ1v) is 9.96. The normalized spacial score (nSPS) is 15.6. The minimum absolute atomic E-state index is 0.0138. The third-order valence-electron chi connectivity index (χ3n) is 4.86. The molecule has 1 aliphatic rings. The van der Waals surface area contributed by atoms with E-state index >= 15 is 0 Å². The van der Waals surface area contributed by atoms with E-state index in [2.05, 4.69) is 11.8 Å². The summed E-state index contributed by atoms with van der Waals surface area (Å²) in [6.07, 6.45) is 0.0712. The Hall–Kier alpha value is -1.91. The number of amides is 1. The number of halogens is 2. The highest BCUT2D eigenvalue weighted by atomic mass is 35.5. The van der Waals surface area contributed by atoms with Gasteiger partial charge in [0.2, 0.25) is 0 Å². The Kier molecular flexibility index (Phi) is 6.51. The number of rotatable bonds is 5. The van der Waals surface area contributed by atoms with Crippen LogP contribution in [-0.2, 0) is 4.79 Å². The number of hydrogen-bond donors (Lipinski definition) is 0. The molecule has 0 unspecified atom stereocenters. The molecule has 1 amide bonds. The molecule has 2 aromatic carbocycles. The van der Waals surface area contributed by atoms with Crippen molar-refractivity contribution >= 4 is 34.8 Å². The van der Waals surface area contributed by atoms with E-state index in [4.69, 9.17) is 27.9 Å². The predicted molar refractivity (Wildman–Crippen MR) is 111 cm³/mol. The van der Waals surface area contributed by atoms with E-state index in [1.807, 2.05) is 42.2 Å². The first kappa shape index (κ1) is 19.8. The Labute approximate surface area is 170 Å². The molecule has 0 saturated carbocycles. The van der Waals surface area contributed by atoms with Gasteiger partial charge in [0, 0.05) is 36.9 Å². The Morgan fingerprint density at radius 3 is 2.48 bits per heavy atom. The molecule has 2 aromatic rings. The Bertz CT molecular complexity index is 805. The molecule has 27 heavy (non-hydrogen) atoms. The van der Waals surface area contributed by atoms with Crippen LogP contribution in [0.1, 0.15) is 18.9 Å². The van der Waals surface area contributed by atoms with Crippen molar-refractivity contribution in [2.24, 2.45) is 0 Å². The van der Waals surface area contributed by atoms with Crippen LogP contribution in [-0.4, -0.2) is 43.1 Å². The van der Waals surface area contributed by atoms with Crippen LogP contribution in [0.2, 0.25) is 10.0 Å². The molecule has 0 spiro atoms. The molecule has 1 heterocycles. The molecule has 1 atom stereocenters. The fourth-order valence-corrected chi connectivity index (χ4v) is 3.64. The van der Waals surface area contributed by atoms with Crippen LogP contribution in [0.4, 0.5) is 5.69 Å². The number of aryl methyl sites for hydroxylation is 1. The third kappa shape index (κ3) is 4.69. The second-order valence-electron chi connectivity index (χ2n) is 6.69. The zero-order valence-corrected chi connectivity index (χ0v) is 17.1. The molecule has 3 rings (SSSR count). The van der Waals surface area contributed by atoms with Crippen molar-refractivity contribution in [3.8, 4) is 5.75 Å². The zero-order chi connectivity index (χ0) is 19.4. The number of hydrogen-bond acceptors (Lipinski definition) is 3. The number of anilines is 1. The van der Waals surface area contributed by atoms with Crippen molar-refractivity contribution in [3.63, 3.8) is 0 Å². The molecule has 1 saturated heterocycles. The van der Waals surface area contributed by atoms with Crippen LogP contribution in [0.5, 0.6) is 5.75 Å². The van der Waals surface area contributed by atoms with Crippen molar-refractivity contribution in [3.05, 3.63) is 58.1 Å². The highest BCUT2D eigenvalue weighted by Crippen LogP contribution is 2.27. The van der Waals surface area contributed by atoms with Gasteiger partial charge in [-0.3, -0.25) is 4.79 Å². The van der Waals surface area contributed by atoms with Gasteiger partial charge in [0.1, 0.15) is 5.75 Å². The van der Waals surface area contributed by atoms with Gasteiger partial charge in [-0.15, -0.1) is 0 Å². The summed E-state index contributed by atoms with van der Waals surface area (Å²) in [6.45, 7) is 6.89. The van der Waals surface area contributed by atoms with E-state index in [9.17, 15) is 4.79 Å². The molecular formula is C21H24Cl2N2O2. The van der Waals surface area contributed by atoms with Gasteiger partial charge in [0.25, 0.3) is 5.91 Å². The highest BCUT2D eigenvalue weighted by Gasteiger charge is 2.28. The van der Waals surface area contributed by atoms with Crippen LogP contribution in [0, 0.1) is 6.92 Å². The van der Waals surface area contributed by atoms with Gasteiger partial charge >= 0.3 is 0 Å². The number of piperazine rings is 1. The Morgan fingerprint density at radius 2 is 1.81 bits per heavy atom. The summed E-state index contributed by atoms with van der Waals surface area (Å²) < 4.78 is 5.90. The second kappa shape index (κ2) is 8.85. The topological polar surface area (TPSA) is 32.8 Å². The van der Waals surface area contributed by atoms with E-state index in [1.54, 1.807) is 12.1 Å². The second-order valence-corrected chi connectivity index (χ2v) is 7.53. The van der Waals surface area contributed by atoms with Crippen molar-refractivity contribution in [1.82, 2.24) is 4.90 Å². The maximum Gasteiger partial charge on any atom is 0.263 e. The lowest BCUT2D eigenvalue weighted by molar-refractivity contribution is -0.139. The number of benzene rings is 2. The fourth-order valence-electron chi connectivity index (χ4n) is 3.30. The van der Waals surface area contributed by atoms with Crippen LogP contribution in [0.3, 0.4) is 0 Å². The largest absolute Gasteiger partial charge is 0.479 e. The van der Waals surface area contributed by atoms with Gasteiger partial charge in [-0.05, 0) is 43.2 Å². The van der Waals surface area contributed by atoms with Gasteiger partial charge in [0.05, 0.1) is 5.02 Å². The van der Waals surface area contributed by atoms with E-state index in [0.29, 0.717) is 30.3 Å². The van der Waals surface area contributed by atoms with Crippen LogP contribution in [0.25, 0.3) is 0 Å². The fraction of sp³-hybridized carbons (Fsp3) is 0.381. The maximum atomic E-state index is 12.9. The number of carbonyl (C=O) groups excluding carboxylic acids is 1. The smallest absolute Gasteiger partial charge is 0.263 e. The molecule has 144 valence electrons. The molecule has 0 N–H and O–H groups in total. The van der Waals surface area contributed by atoms with Gasteiger partial charge in [-0.2, -0.15) is 0 Å². The van der Waals surface area contributed by atoms with Gasteiger partial charge in [-0.1, -0.05) is 48.3 Å². The molecule has 6 heteroatoms. The lowest BCUT2D eigenvalue weighted by Crippen LogP contribution is -2.52. The molecule has 0 aromatic heterocycles. The van der Waals surface area contributed by atoms with Crippen molar-refractivity contribution in [2.45, 2.75) is 26.4 Å². The summed E-state index contributed by atoms with van der Waals surface area (Å²) in [4.78, 5) is 17.1. The number of ether oxygens (including phenoxy) is 1. The zero-order valence-electron chi connectivity index (χ0n) is 15.6. The quantitative estimate of drug-likeness (QED) is 0.713. The highest BCUT2D eigenvalue weighted by molar-refractivity contribution is 6.32. The minimum Gasteiger partial charge on any atom is -0.479 e. The number of carbonyl (C=O) groups is 1. The summed E-state index contributed by atoms with van der Waals surface area (Å²) in [5.41, 5.74) is 2.32. The summed E-state index contributed by atoms with van der Waals surface area (Å²) >= 11 is 12.3. The average Bonchev–Trinajstić information content (AvgIpc) is 2.69. The first-order chi connectivity index (χ1) is 13.0. The van der Waals surface area contributed by atoms with Crippen LogP contribution < -0.4 is 9.64 Å². The predicted octanol–water partition coefficient (Wildman–Crippen LogP) is 4.81. The van der Waals surface area contributed by atoms with Crippen molar-refractivity contribution in [1.29, 1.82) is 0 Å². The summed E-state index contributed by atoms with van der Waals surface area (Å²) in [7, 11) is 0. The molecule has 0 aliphatic carbocycles. The van der Waals surface area contributed by atoms with Crippen LogP contribution in [0.15, 0.2) is 42.5 Å². The van der Waals surface area contributed by atoms with E-state index in [1.165, 1.54) is 5.56 Å². The maximum absolute atomic E-state index is 12.9. The first-order valence-electron chi connectivity index (χ1n) is 9.20. The standard InChI is InChI=1S/C21H24Cl2N2O2/c1-3-19(27-20-7-5-4-6-17(20)23)21(26)25-12-10-24(11-13-25)18-14-16(22)9-8-15(18)2/h4-9,14,19H,3,10-13H2,1-2H3/t19-/m1/s1. The molecule has 0 radical (unpaired) electrons. The Morgan fingerprint density at radius 1 is 1.11 bits per heavy atom. The molecular weight excluding hydrogens is 383 g/mol. The summed E-state index contributed by atoms with van der Waals surface area (Å²) in [5.74, 6) is 0.562. The summed E-state index contributed by atoms with van der Waals surface area (Å²) in [6, 6.07) is 13.2. The molecule has 0 bridgehead atoms. The van der Waals surface area contributed by atoms with Crippen molar-refractivity contribution in [2.75, 3.05) is 31.1 Å². The monoisotopic (exact) mass is 406 g/mol. The molecule has 1 aliphatic heterocycles.